The van der Waals surface area contributed by atoms with Crippen LogP contribution in [0.3, 0.4) is 0 Å². The molecule has 0 heterocycles. The van der Waals surface area contributed by atoms with Crippen LogP contribution in [0.15, 0.2) is 60.7 Å². The number of rotatable bonds is 11. The maximum Gasteiger partial charge on any atom is 0.303 e. The van der Waals surface area contributed by atoms with Crippen molar-refractivity contribution < 1.29 is 33.4 Å². The highest BCUT2D eigenvalue weighted by atomic mass is 16.6. The summed E-state index contributed by atoms with van der Waals surface area (Å²) in [6.45, 7) is 5.11. The second kappa shape index (κ2) is 12.6. The van der Waals surface area contributed by atoms with E-state index in [1.165, 1.54) is 27.7 Å². The van der Waals surface area contributed by atoms with Gasteiger partial charge in [0.15, 0.2) is 12.2 Å². The molecule has 8 heteroatoms. The number of carbonyl (C=O) groups is 4. The Morgan fingerprint density at radius 3 is 1.53 bits per heavy atom. The quantitative estimate of drug-likeness (QED) is 0.281. The molecule has 0 unspecified atom stereocenters. The molecule has 0 saturated heterocycles. The molecule has 0 radical (unpaired) electrons. The van der Waals surface area contributed by atoms with Crippen molar-refractivity contribution >= 4 is 24.2 Å². The van der Waals surface area contributed by atoms with Crippen LogP contribution >= 0.6 is 0 Å². The number of nitrogens with zero attached hydrogens (tertiary/aromatic N) is 1. The Bertz CT molecular complexity index is 924. The van der Waals surface area contributed by atoms with E-state index in [2.05, 4.69) is 0 Å². The first kappa shape index (κ1) is 26.7. The van der Waals surface area contributed by atoms with Gasteiger partial charge in [-0.3, -0.25) is 19.3 Å². The average Bonchev–Trinajstić information content (AvgIpc) is 2.78. The number of hydrogen-bond donors (Lipinski definition) is 0. The SMILES string of the molecule is CC(=O)O[C@H]([C@H](OC(C)=O)[C@H](C=O)N(C)C(c1ccccc1)c1ccccc1)[C@@H](C)OC(C)=O. The number of aldehydes is 1. The maximum absolute atomic E-state index is 12.5. The Kier molecular flexibility index (Phi) is 9.94. The molecule has 0 saturated carbocycles. The molecule has 2 rings (SSSR count). The van der Waals surface area contributed by atoms with E-state index in [0.29, 0.717) is 6.29 Å². The highest BCUT2D eigenvalue weighted by Gasteiger charge is 2.43. The molecule has 0 spiro atoms. The molecule has 0 aliphatic carbocycles. The van der Waals surface area contributed by atoms with Gasteiger partial charge in [-0.25, -0.2) is 0 Å². The lowest BCUT2D eigenvalue weighted by molar-refractivity contribution is -0.187. The van der Waals surface area contributed by atoms with E-state index >= 15 is 0 Å². The third-order valence-corrected chi connectivity index (χ3v) is 5.33. The van der Waals surface area contributed by atoms with Crippen LogP contribution in [0.1, 0.15) is 44.9 Å². The lowest BCUT2D eigenvalue weighted by atomic mass is 9.93. The van der Waals surface area contributed by atoms with Gasteiger partial charge in [-0.05, 0) is 25.1 Å². The highest BCUT2D eigenvalue weighted by Crippen LogP contribution is 2.31. The Hall–Kier alpha value is -3.52. The van der Waals surface area contributed by atoms with Crippen LogP contribution in [-0.4, -0.2) is 60.5 Å². The van der Waals surface area contributed by atoms with Gasteiger partial charge in [0.1, 0.15) is 18.4 Å². The van der Waals surface area contributed by atoms with E-state index in [9.17, 15) is 19.2 Å². The molecular formula is C26H31NO7. The van der Waals surface area contributed by atoms with Crippen LogP contribution in [-0.2, 0) is 33.4 Å². The summed E-state index contributed by atoms with van der Waals surface area (Å²) in [5, 5.41) is 0. The highest BCUT2D eigenvalue weighted by molar-refractivity contribution is 5.69. The molecule has 0 N–H and O–H groups in total. The first-order chi connectivity index (χ1) is 16.1. The minimum Gasteiger partial charge on any atom is -0.459 e. The van der Waals surface area contributed by atoms with Crippen molar-refractivity contribution in [3.8, 4) is 0 Å². The monoisotopic (exact) mass is 469 g/mol. The van der Waals surface area contributed by atoms with Gasteiger partial charge in [0.25, 0.3) is 0 Å². The van der Waals surface area contributed by atoms with Crippen LogP contribution in [0, 0.1) is 0 Å². The van der Waals surface area contributed by atoms with Crippen molar-refractivity contribution in [2.24, 2.45) is 0 Å². The summed E-state index contributed by atoms with van der Waals surface area (Å²) < 4.78 is 16.2. The molecule has 2 aromatic rings. The molecule has 0 fully saturated rings. The summed E-state index contributed by atoms with van der Waals surface area (Å²) in [6, 6.07) is 17.6. The lowest BCUT2D eigenvalue weighted by Gasteiger charge is -2.40. The van der Waals surface area contributed by atoms with E-state index < -0.39 is 48.3 Å². The van der Waals surface area contributed by atoms with E-state index in [1.807, 2.05) is 60.7 Å². The van der Waals surface area contributed by atoms with Crippen molar-refractivity contribution in [2.45, 2.75) is 58.1 Å². The van der Waals surface area contributed by atoms with Crippen molar-refractivity contribution in [1.29, 1.82) is 0 Å². The third-order valence-electron chi connectivity index (χ3n) is 5.33. The van der Waals surface area contributed by atoms with Gasteiger partial charge in [-0.1, -0.05) is 60.7 Å². The lowest BCUT2D eigenvalue weighted by Crippen LogP contribution is -2.55. The largest absolute Gasteiger partial charge is 0.459 e. The van der Waals surface area contributed by atoms with Gasteiger partial charge < -0.3 is 19.0 Å². The number of benzene rings is 2. The van der Waals surface area contributed by atoms with E-state index in [1.54, 1.807) is 11.9 Å². The van der Waals surface area contributed by atoms with Crippen LogP contribution in [0.25, 0.3) is 0 Å². The van der Waals surface area contributed by atoms with Crippen LogP contribution in [0.5, 0.6) is 0 Å². The van der Waals surface area contributed by atoms with Crippen molar-refractivity contribution in [1.82, 2.24) is 4.90 Å². The molecule has 0 aliphatic rings. The average molecular weight is 470 g/mol. The molecule has 0 aliphatic heterocycles. The molecule has 8 nitrogen and oxygen atoms in total. The summed E-state index contributed by atoms with van der Waals surface area (Å²) in [5.41, 5.74) is 1.81. The van der Waals surface area contributed by atoms with Gasteiger partial charge in [0, 0.05) is 20.8 Å². The number of esters is 3. The van der Waals surface area contributed by atoms with Crippen molar-refractivity contribution in [3.05, 3.63) is 71.8 Å². The van der Waals surface area contributed by atoms with Crippen molar-refractivity contribution in [2.75, 3.05) is 7.05 Å². The summed E-state index contributed by atoms with van der Waals surface area (Å²) in [7, 11) is 1.72. The predicted octanol–water partition coefficient (Wildman–Crippen LogP) is 3.09. The molecule has 2 aromatic carbocycles. The van der Waals surface area contributed by atoms with Crippen molar-refractivity contribution in [3.63, 3.8) is 0 Å². The van der Waals surface area contributed by atoms with E-state index in [4.69, 9.17) is 14.2 Å². The molecule has 4 atom stereocenters. The van der Waals surface area contributed by atoms with Crippen LogP contribution in [0.4, 0.5) is 0 Å². The second-order valence-electron chi connectivity index (χ2n) is 7.98. The topological polar surface area (TPSA) is 99.2 Å². The fraction of sp³-hybridized carbons (Fsp3) is 0.385. The smallest absolute Gasteiger partial charge is 0.303 e. The zero-order valence-electron chi connectivity index (χ0n) is 20.0. The summed E-state index contributed by atoms with van der Waals surface area (Å²) >= 11 is 0. The minimum atomic E-state index is -1.24. The molecule has 0 aromatic heterocycles. The van der Waals surface area contributed by atoms with Gasteiger partial charge in [0.05, 0.1) is 6.04 Å². The van der Waals surface area contributed by atoms with E-state index in [-0.39, 0.29) is 0 Å². The van der Waals surface area contributed by atoms with E-state index in [0.717, 1.165) is 11.1 Å². The Balaban J connectivity index is 2.57. The predicted molar refractivity (Wildman–Crippen MR) is 125 cm³/mol. The second-order valence-corrected chi connectivity index (χ2v) is 7.98. The minimum absolute atomic E-state index is 0.391. The zero-order chi connectivity index (χ0) is 25.3. The summed E-state index contributed by atoms with van der Waals surface area (Å²) in [4.78, 5) is 49.8. The maximum atomic E-state index is 12.5. The summed E-state index contributed by atoms with van der Waals surface area (Å²) in [5.74, 6) is -1.95. The summed E-state index contributed by atoms with van der Waals surface area (Å²) in [6.07, 6.45) is -2.79. The number of carbonyl (C=O) groups excluding carboxylic acids is 4. The normalized spacial score (nSPS) is 14.6. The van der Waals surface area contributed by atoms with Gasteiger partial charge in [-0.15, -0.1) is 0 Å². The fourth-order valence-electron chi connectivity index (χ4n) is 3.98. The van der Waals surface area contributed by atoms with Gasteiger partial charge in [-0.2, -0.15) is 0 Å². The van der Waals surface area contributed by atoms with Gasteiger partial charge >= 0.3 is 17.9 Å². The molecular weight excluding hydrogens is 438 g/mol. The van der Waals surface area contributed by atoms with Gasteiger partial charge in [0.2, 0.25) is 0 Å². The molecule has 0 amide bonds. The Labute approximate surface area is 199 Å². The number of ether oxygens (including phenoxy) is 3. The third kappa shape index (κ3) is 7.25. The Morgan fingerprint density at radius 2 is 1.15 bits per heavy atom. The molecule has 0 bridgehead atoms. The van der Waals surface area contributed by atoms with Crippen LogP contribution < -0.4 is 0 Å². The zero-order valence-corrected chi connectivity index (χ0v) is 20.0. The first-order valence-electron chi connectivity index (χ1n) is 10.9. The Morgan fingerprint density at radius 1 is 0.735 bits per heavy atom. The molecule has 182 valence electrons. The first-order valence-corrected chi connectivity index (χ1v) is 10.9. The number of likely N-dealkylation sites (N-methyl/N-ethyl adjacent to an activating group) is 1. The van der Waals surface area contributed by atoms with Crippen LogP contribution in [0.2, 0.25) is 0 Å². The standard InChI is InChI=1S/C26H31NO7/c1-17(32-18(2)29)25(33-19(3)30)26(34-20(4)31)23(16-28)27(5)24(21-12-8-6-9-13-21)22-14-10-7-11-15-22/h6-17,23-26H,1-5H3/t17-,23+,25+,26-/m1/s1. The number of hydrogen-bond acceptors (Lipinski definition) is 8. The molecule has 34 heavy (non-hydrogen) atoms. The fourth-order valence-corrected chi connectivity index (χ4v) is 3.98.